The van der Waals surface area contributed by atoms with Crippen LogP contribution in [0.5, 0.6) is 0 Å². The summed E-state index contributed by atoms with van der Waals surface area (Å²) in [5, 5.41) is 96.8. The van der Waals surface area contributed by atoms with E-state index in [-0.39, 0.29) is 26.2 Å². The minimum absolute atomic E-state index is 0.00795. The number of benzene rings is 1. The molecular weight excluding hydrogens is 646 g/mol. The first kappa shape index (κ1) is 38.4. The monoisotopic (exact) mass is 691 g/mol. The van der Waals surface area contributed by atoms with Gasteiger partial charge >= 0.3 is 5.97 Å². The van der Waals surface area contributed by atoms with Gasteiger partial charge in [0.25, 0.3) is 5.79 Å². The Labute approximate surface area is 275 Å². The SMILES string of the molecule is CC(=O)N[C@H]1[C@H]([C@@H](O)[C@H](O)CO)O[C@@](O[C@H]2[C@@H](O)[C@@H](CO)O[C@@H](O[C@@H]3CCO[C@H](COCc4ccccc4)[C@@H]3O)[C@@H]2O)(C(=O)O)C[C@@H]1O. The minimum Gasteiger partial charge on any atom is -0.477 e. The first-order valence-electron chi connectivity index (χ1n) is 15.5. The predicted molar refractivity (Wildman–Crippen MR) is 157 cm³/mol. The molecule has 18 nitrogen and oxygen atoms in total. The van der Waals surface area contributed by atoms with Crippen molar-refractivity contribution in [3.8, 4) is 0 Å². The highest BCUT2D eigenvalue weighted by molar-refractivity contribution is 5.76. The molecule has 1 amide bonds. The Morgan fingerprint density at radius 1 is 1.04 bits per heavy atom. The van der Waals surface area contributed by atoms with Gasteiger partial charge in [-0.3, -0.25) is 4.79 Å². The molecule has 3 heterocycles. The second-order valence-electron chi connectivity index (χ2n) is 12.0. The van der Waals surface area contributed by atoms with E-state index >= 15 is 0 Å². The minimum atomic E-state index is -2.93. The van der Waals surface area contributed by atoms with Crippen molar-refractivity contribution in [2.45, 2.75) is 112 Å². The van der Waals surface area contributed by atoms with E-state index in [2.05, 4.69) is 5.32 Å². The molecule has 14 atom stereocenters. The van der Waals surface area contributed by atoms with E-state index in [4.69, 9.17) is 28.4 Å². The normalized spacial score (nSPS) is 38.6. The van der Waals surface area contributed by atoms with E-state index in [0.717, 1.165) is 12.5 Å². The van der Waals surface area contributed by atoms with Crippen LogP contribution in [0.4, 0.5) is 0 Å². The van der Waals surface area contributed by atoms with Gasteiger partial charge in [-0.25, -0.2) is 4.79 Å². The molecule has 0 bridgehead atoms. The summed E-state index contributed by atoms with van der Waals surface area (Å²) in [7, 11) is 0. The molecule has 0 aliphatic carbocycles. The lowest BCUT2D eigenvalue weighted by Crippen LogP contribution is -2.70. The van der Waals surface area contributed by atoms with Crippen LogP contribution in [0, 0.1) is 0 Å². The lowest BCUT2D eigenvalue weighted by atomic mass is 9.88. The van der Waals surface area contributed by atoms with Gasteiger partial charge in [0.05, 0.1) is 44.7 Å². The van der Waals surface area contributed by atoms with Gasteiger partial charge in [0.1, 0.15) is 54.9 Å². The number of rotatable bonds is 14. The van der Waals surface area contributed by atoms with Crippen molar-refractivity contribution in [3.05, 3.63) is 35.9 Å². The first-order valence-corrected chi connectivity index (χ1v) is 15.5. The van der Waals surface area contributed by atoms with E-state index in [9.17, 15) is 55.5 Å². The molecule has 0 spiro atoms. The summed E-state index contributed by atoms with van der Waals surface area (Å²) < 4.78 is 34.1. The number of nitrogens with one attached hydrogen (secondary N) is 1. The van der Waals surface area contributed by atoms with Crippen LogP contribution in [-0.2, 0) is 44.6 Å². The second-order valence-corrected chi connectivity index (χ2v) is 12.0. The van der Waals surface area contributed by atoms with Crippen molar-refractivity contribution < 1.29 is 84.0 Å². The summed E-state index contributed by atoms with van der Waals surface area (Å²) in [6.07, 6.45) is -20.6. The molecule has 10 N–H and O–H groups in total. The third kappa shape index (κ3) is 8.84. The fourth-order valence-corrected chi connectivity index (χ4v) is 5.95. The van der Waals surface area contributed by atoms with Crippen LogP contribution < -0.4 is 5.32 Å². The number of aliphatic hydroxyl groups excluding tert-OH is 8. The fraction of sp³-hybridized carbons (Fsp3) is 0.733. The molecule has 3 aliphatic rings. The van der Waals surface area contributed by atoms with Gasteiger partial charge in [0.15, 0.2) is 6.29 Å². The van der Waals surface area contributed by atoms with Crippen LogP contribution in [0.1, 0.15) is 25.3 Å². The van der Waals surface area contributed by atoms with E-state index in [1.807, 2.05) is 30.3 Å². The predicted octanol–water partition coefficient (Wildman–Crippen LogP) is -4.29. The van der Waals surface area contributed by atoms with Gasteiger partial charge in [-0.15, -0.1) is 0 Å². The van der Waals surface area contributed by atoms with Crippen molar-refractivity contribution in [2.75, 3.05) is 26.4 Å². The van der Waals surface area contributed by atoms with E-state index in [1.54, 1.807) is 0 Å². The molecule has 0 radical (unpaired) electrons. The molecule has 1 aromatic rings. The summed E-state index contributed by atoms with van der Waals surface area (Å²) in [5.74, 6) is -5.52. The number of carboxylic acids is 1. The quantitative estimate of drug-likeness (QED) is 0.0883. The molecule has 48 heavy (non-hydrogen) atoms. The maximum atomic E-state index is 12.7. The third-order valence-corrected chi connectivity index (χ3v) is 8.53. The van der Waals surface area contributed by atoms with Crippen molar-refractivity contribution in [1.29, 1.82) is 0 Å². The summed E-state index contributed by atoms with van der Waals surface area (Å²) in [6.45, 7) is -0.402. The fourth-order valence-electron chi connectivity index (χ4n) is 5.95. The summed E-state index contributed by atoms with van der Waals surface area (Å²) in [5.41, 5.74) is 0.901. The average molecular weight is 692 g/mol. The number of carboxylic acid groups (broad SMARTS) is 1. The Balaban J connectivity index is 1.51. The maximum Gasteiger partial charge on any atom is 0.364 e. The third-order valence-electron chi connectivity index (χ3n) is 8.53. The molecule has 1 aromatic carbocycles. The lowest BCUT2D eigenvalue weighted by molar-refractivity contribution is -0.376. The molecule has 272 valence electrons. The van der Waals surface area contributed by atoms with E-state index in [0.29, 0.717) is 0 Å². The van der Waals surface area contributed by atoms with Gasteiger partial charge < -0.3 is 79.7 Å². The van der Waals surface area contributed by atoms with E-state index < -0.39 is 117 Å². The topological polar surface area (TPSA) is 284 Å². The Morgan fingerprint density at radius 2 is 1.75 bits per heavy atom. The van der Waals surface area contributed by atoms with Crippen LogP contribution in [0.25, 0.3) is 0 Å². The standard InChI is InChI=1S/C30H45NO17/c1-14(34)31-21-16(35)9-30(29(41)42,47-26(21)22(37)17(36)10-32)48-27-24(39)19(11-33)46-28(25(27)40)45-18-7-8-44-20(23(18)38)13-43-12-15-5-3-2-4-6-15/h2-6,16-28,32-33,35-40H,7-13H2,1H3,(H,31,34)(H,41,42)/t16-,17+,18+,19+,20+,21+,22-,23+,24-,25+,26+,27-,28+,30-/m0/s1. The smallest absolute Gasteiger partial charge is 0.364 e. The number of carbonyl (C=O) groups excluding carboxylic acids is 1. The molecule has 18 heteroatoms. The second kappa shape index (κ2) is 17.0. The highest BCUT2D eigenvalue weighted by Gasteiger charge is 2.59. The molecule has 3 fully saturated rings. The number of aliphatic hydroxyl groups is 8. The number of hydrogen-bond acceptors (Lipinski definition) is 16. The number of amides is 1. The van der Waals surface area contributed by atoms with Crippen LogP contribution >= 0.6 is 0 Å². The molecule has 0 saturated carbocycles. The zero-order chi connectivity index (χ0) is 35.2. The largest absolute Gasteiger partial charge is 0.477 e. The first-order chi connectivity index (χ1) is 22.8. The Morgan fingerprint density at radius 3 is 2.38 bits per heavy atom. The van der Waals surface area contributed by atoms with Gasteiger partial charge in [0.2, 0.25) is 5.91 Å². The van der Waals surface area contributed by atoms with Crippen molar-refractivity contribution >= 4 is 11.9 Å². The molecular formula is C30H45NO17. The van der Waals surface area contributed by atoms with Crippen LogP contribution in [0.15, 0.2) is 30.3 Å². The van der Waals surface area contributed by atoms with E-state index in [1.165, 1.54) is 0 Å². The molecule has 0 unspecified atom stereocenters. The molecule has 4 rings (SSSR count). The molecule has 3 saturated heterocycles. The maximum absolute atomic E-state index is 12.7. The van der Waals surface area contributed by atoms with Gasteiger partial charge in [0, 0.05) is 20.0 Å². The summed E-state index contributed by atoms with van der Waals surface area (Å²) in [6, 6.07) is 7.81. The average Bonchev–Trinajstić information content (AvgIpc) is 3.06. The zero-order valence-corrected chi connectivity index (χ0v) is 26.1. The highest BCUT2D eigenvalue weighted by Crippen LogP contribution is 2.38. The Kier molecular flexibility index (Phi) is 13.6. The van der Waals surface area contributed by atoms with Crippen molar-refractivity contribution in [3.63, 3.8) is 0 Å². The van der Waals surface area contributed by atoms with Gasteiger partial charge in [-0.2, -0.15) is 0 Å². The van der Waals surface area contributed by atoms with Crippen molar-refractivity contribution in [2.24, 2.45) is 0 Å². The number of hydrogen-bond donors (Lipinski definition) is 10. The van der Waals surface area contributed by atoms with Gasteiger partial charge in [-0.1, -0.05) is 30.3 Å². The van der Waals surface area contributed by atoms with Crippen LogP contribution in [0.3, 0.4) is 0 Å². The number of carbonyl (C=O) groups is 2. The Hall–Kier alpha value is -2.40. The molecule has 3 aliphatic heterocycles. The Bertz CT molecular complexity index is 1180. The highest BCUT2D eigenvalue weighted by atomic mass is 16.8. The van der Waals surface area contributed by atoms with Crippen molar-refractivity contribution in [1.82, 2.24) is 5.32 Å². The number of ether oxygens (including phenoxy) is 6. The van der Waals surface area contributed by atoms with Gasteiger partial charge in [-0.05, 0) is 12.0 Å². The number of aliphatic carboxylic acids is 1. The van der Waals surface area contributed by atoms with Crippen LogP contribution in [0.2, 0.25) is 0 Å². The molecule has 0 aromatic heterocycles. The lowest BCUT2D eigenvalue weighted by Gasteiger charge is -2.50. The summed E-state index contributed by atoms with van der Waals surface area (Å²) >= 11 is 0. The summed E-state index contributed by atoms with van der Waals surface area (Å²) in [4.78, 5) is 24.5. The zero-order valence-electron chi connectivity index (χ0n) is 26.1. The van der Waals surface area contributed by atoms with Crippen LogP contribution in [-0.4, -0.2) is 170 Å².